The van der Waals surface area contributed by atoms with Crippen LogP contribution in [-0.4, -0.2) is 12.7 Å². The van der Waals surface area contributed by atoms with E-state index in [2.05, 4.69) is 37.3 Å². The summed E-state index contributed by atoms with van der Waals surface area (Å²) in [4.78, 5) is 0. The van der Waals surface area contributed by atoms with Gasteiger partial charge in [0.2, 0.25) is 0 Å². The van der Waals surface area contributed by atoms with Crippen LogP contribution in [0.2, 0.25) is 0 Å². The normalized spacial score (nSPS) is 27.5. The van der Waals surface area contributed by atoms with Gasteiger partial charge in [-0.05, 0) is 93.1 Å². The molecule has 2 aliphatic carbocycles. The van der Waals surface area contributed by atoms with Crippen molar-refractivity contribution in [1.82, 2.24) is 0 Å². The fourth-order valence-electron chi connectivity index (χ4n) is 5.04. The van der Waals surface area contributed by atoms with Crippen molar-refractivity contribution in [2.75, 3.05) is 6.61 Å². The van der Waals surface area contributed by atoms with Crippen molar-refractivity contribution < 1.29 is 4.74 Å². The third-order valence-electron chi connectivity index (χ3n) is 7.07. The van der Waals surface area contributed by atoms with Gasteiger partial charge in [0, 0.05) is 12.7 Å². The molecular weight excluding hydrogens is 366 g/mol. The Hall–Kier alpha value is -1.85. The number of allylic oxidation sites excluding steroid dienone is 4. The van der Waals surface area contributed by atoms with Crippen LogP contribution in [0.5, 0.6) is 0 Å². The number of aryl methyl sites for hydroxylation is 1. The van der Waals surface area contributed by atoms with Gasteiger partial charge < -0.3 is 4.74 Å². The molecule has 0 unspecified atom stereocenters. The molecule has 162 valence electrons. The van der Waals surface area contributed by atoms with Crippen LogP contribution in [0.3, 0.4) is 0 Å². The largest absolute Gasteiger partial charge is 0.378 e. The van der Waals surface area contributed by atoms with Gasteiger partial charge in [0.05, 0.1) is 12.2 Å². The van der Waals surface area contributed by atoms with E-state index in [9.17, 15) is 0 Å². The van der Waals surface area contributed by atoms with Gasteiger partial charge in [-0.3, -0.25) is 0 Å². The van der Waals surface area contributed by atoms with E-state index >= 15 is 0 Å². The quantitative estimate of drug-likeness (QED) is 0.314. The second-order valence-corrected chi connectivity index (χ2v) is 9.31. The Balaban J connectivity index is 1.32. The topological polar surface area (TPSA) is 33.0 Å². The third kappa shape index (κ3) is 7.44. The number of unbranched alkanes of at least 4 members (excludes halogenated alkanes) is 1. The van der Waals surface area contributed by atoms with E-state index in [4.69, 9.17) is 10.00 Å². The maximum atomic E-state index is 8.53. The van der Waals surface area contributed by atoms with Gasteiger partial charge in [-0.15, -0.1) is 0 Å². The summed E-state index contributed by atoms with van der Waals surface area (Å²) >= 11 is 0. The van der Waals surface area contributed by atoms with Crippen LogP contribution in [0.1, 0.15) is 88.2 Å². The van der Waals surface area contributed by atoms with Gasteiger partial charge in [-0.2, -0.15) is 5.26 Å². The van der Waals surface area contributed by atoms with Gasteiger partial charge in [0.1, 0.15) is 0 Å². The van der Waals surface area contributed by atoms with E-state index in [0.29, 0.717) is 12.0 Å². The predicted octanol–water partition coefficient (Wildman–Crippen LogP) is 7.51. The van der Waals surface area contributed by atoms with E-state index in [1.165, 1.54) is 87.8 Å². The van der Waals surface area contributed by atoms with Gasteiger partial charge >= 0.3 is 0 Å². The molecule has 2 heteroatoms. The first-order valence-corrected chi connectivity index (χ1v) is 12.2. The molecule has 0 amide bonds. The highest BCUT2D eigenvalue weighted by Gasteiger charge is 2.25. The molecule has 0 heterocycles. The Bertz CT molecular complexity index is 695. The smallest absolute Gasteiger partial charge is 0.0912 e. The molecule has 2 fully saturated rings. The molecule has 2 nitrogen and oxygen atoms in total. The van der Waals surface area contributed by atoms with Gasteiger partial charge in [-0.25, -0.2) is 0 Å². The van der Waals surface area contributed by atoms with Crippen molar-refractivity contribution >= 4 is 0 Å². The summed E-state index contributed by atoms with van der Waals surface area (Å²) in [6.07, 6.45) is 21.9. The van der Waals surface area contributed by atoms with Crippen LogP contribution in [0, 0.1) is 23.2 Å². The van der Waals surface area contributed by atoms with Gasteiger partial charge in [0.15, 0.2) is 0 Å². The van der Waals surface area contributed by atoms with Crippen molar-refractivity contribution in [3.8, 4) is 6.07 Å². The van der Waals surface area contributed by atoms with Gasteiger partial charge in [-0.1, -0.05) is 55.8 Å². The van der Waals surface area contributed by atoms with E-state index < -0.39 is 0 Å². The molecule has 2 aliphatic rings. The second-order valence-electron chi connectivity index (χ2n) is 9.31. The van der Waals surface area contributed by atoms with Crippen LogP contribution < -0.4 is 0 Å². The van der Waals surface area contributed by atoms with Crippen molar-refractivity contribution in [3.63, 3.8) is 0 Å². The number of hydrogen-bond acceptors (Lipinski definition) is 2. The Kier molecular flexibility index (Phi) is 9.71. The number of ether oxygens (including phenoxy) is 1. The van der Waals surface area contributed by atoms with Crippen LogP contribution in [0.25, 0.3) is 0 Å². The highest BCUT2D eigenvalue weighted by atomic mass is 16.5. The van der Waals surface area contributed by atoms with Gasteiger partial charge in [0.25, 0.3) is 0 Å². The number of benzene rings is 1. The fourth-order valence-corrected chi connectivity index (χ4v) is 5.04. The second kappa shape index (κ2) is 12.8. The summed E-state index contributed by atoms with van der Waals surface area (Å²) < 4.78 is 6.35. The predicted molar refractivity (Wildman–Crippen MR) is 125 cm³/mol. The molecule has 0 saturated heterocycles. The first-order valence-electron chi connectivity index (χ1n) is 12.2. The zero-order chi connectivity index (χ0) is 21.0. The Labute approximate surface area is 184 Å². The minimum atomic E-state index is 0.471. The van der Waals surface area contributed by atoms with E-state index in [-0.39, 0.29) is 0 Å². The summed E-state index contributed by atoms with van der Waals surface area (Å²) in [5, 5.41) is 8.53. The summed E-state index contributed by atoms with van der Waals surface area (Å²) in [5.41, 5.74) is 3.02. The van der Waals surface area contributed by atoms with Crippen LogP contribution >= 0.6 is 0 Å². The third-order valence-corrected chi connectivity index (χ3v) is 7.07. The lowest BCUT2D eigenvalue weighted by Crippen LogP contribution is -2.25. The monoisotopic (exact) mass is 405 g/mol. The molecular formula is C28H39NO. The number of nitriles is 1. The highest BCUT2D eigenvalue weighted by molar-refractivity contribution is 5.26. The zero-order valence-corrected chi connectivity index (χ0v) is 18.8. The molecule has 0 radical (unpaired) electrons. The van der Waals surface area contributed by atoms with E-state index in [1.54, 1.807) is 0 Å². The van der Waals surface area contributed by atoms with Crippen molar-refractivity contribution in [2.45, 2.75) is 89.6 Å². The summed E-state index contributed by atoms with van der Waals surface area (Å²) in [5.74, 6) is 2.13. The SMILES string of the molecule is CCCCc1ccc(C2CCC(OCC3CCC(/C=C/C=C/C#N)CC3)CC2)cc1. The van der Waals surface area contributed by atoms with E-state index in [1.807, 2.05) is 18.2 Å². The minimum Gasteiger partial charge on any atom is -0.378 e. The Morgan fingerprint density at radius 3 is 2.37 bits per heavy atom. The van der Waals surface area contributed by atoms with Crippen LogP contribution in [0.15, 0.2) is 48.6 Å². The molecule has 3 rings (SSSR count). The number of rotatable bonds is 9. The number of nitrogens with zero attached hydrogens (tertiary/aromatic N) is 1. The maximum Gasteiger partial charge on any atom is 0.0912 e. The molecule has 1 aromatic rings. The summed E-state index contributed by atoms with van der Waals surface area (Å²) in [6, 6.07) is 11.5. The fraction of sp³-hybridized carbons (Fsp3) is 0.607. The Morgan fingerprint density at radius 2 is 1.70 bits per heavy atom. The summed E-state index contributed by atoms with van der Waals surface area (Å²) in [6.45, 7) is 3.21. The minimum absolute atomic E-state index is 0.471. The molecule has 0 aromatic heterocycles. The molecule has 0 bridgehead atoms. The molecule has 2 saturated carbocycles. The van der Waals surface area contributed by atoms with Crippen LogP contribution in [-0.2, 0) is 11.2 Å². The van der Waals surface area contributed by atoms with Crippen molar-refractivity contribution in [2.24, 2.45) is 11.8 Å². The lowest BCUT2D eigenvalue weighted by atomic mass is 9.81. The molecule has 30 heavy (non-hydrogen) atoms. The van der Waals surface area contributed by atoms with Crippen molar-refractivity contribution in [1.29, 1.82) is 5.26 Å². The average molecular weight is 406 g/mol. The molecule has 0 N–H and O–H groups in total. The Morgan fingerprint density at radius 1 is 0.967 bits per heavy atom. The lowest BCUT2D eigenvalue weighted by Gasteiger charge is -2.32. The average Bonchev–Trinajstić information content (AvgIpc) is 2.81. The molecule has 1 aromatic carbocycles. The molecule has 0 atom stereocenters. The first-order chi connectivity index (χ1) is 14.8. The standard InChI is InChI=1S/C28H39NO/c1-2-3-7-23-13-15-26(16-14-23)27-17-19-28(20-18-27)30-22-25-11-9-24(10-12-25)8-5-4-6-21-29/h4-6,8,13-16,24-25,27-28H,2-3,7,9-12,17-20,22H2,1H3/b6-4+,8-5+. The molecule has 0 aliphatic heterocycles. The highest BCUT2D eigenvalue weighted by Crippen LogP contribution is 2.35. The maximum absolute atomic E-state index is 8.53. The van der Waals surface area contributed by atoms with Crippen LogP contribution in [0.4, 0.5) is 0 Å². The van der Waals surface area contributed by atoms with E-state index in [0.717, 1.165) is 18.4 Å². The summed E-state index contributed by atoms with van der Waals surface area (Å²) in [7, 11) is 0. The lowest BCUT2D eigenvalue weighted by molar-refractivity contribution is -0.00337. The van der Waals surface area contributed by atoms with Crippen molar-refractivity contribution in [3.05, 3.63) is 59.7 Å². The zero-order valence-electron chi connectivity index (χ0n) is 18.8. The number of hydrogen-bond donors (Lipinski definition) is 0. The molecule has 0 spiro atoms. The first kappa shape index (κ1) is 22.8.